The van der Waals surface area contributed by atoms with Gasteiger partial charge >= 0.3 is 0 Å². The molecule has 6 rings (SSSR count). The smallest absolute Gasteiger partial charge is 0.277 e. The van der Waals surface area contributed by atoms with Crippen molar-refractivity contribution in [3.63, 3.8) is 0 Å². The second-order valence-corrected chi connectivity index (χ2v) is 12.9. The zero-order valence-electron chi connectivity index (χ0n) is 27.0. The Balaban J connectivity index is 1.33. The van der Waals surface area contributed by atoms with Gasteiger partial charge in [-0.3, -0.25) is 19.1 Å². The molecule has 1 atom stereocenters. The minimum Gasteiger partial charge on any atom is -0.481 e. The van der Waals surface area contributed by atoms with Crippen LogP contribution in [0.3, 0.4) is 0 Å². The minimum absolute atomic E-state index is 0.0185. The third kappa shape index (κ3) is 6.51. The van der Waals surface area contributed by atoms with Crippen LogP contribution in [0.25, 0.3) is 39.0 Å². The lowest BCUT2D eigenvalue weighted by Gasteiger charge is -2.24. The lowest BCUT2D eigenvalue weighted by molar-refractivity contribution is -0.119. The molecular weight excluding hydrogens is 637 g/mol. The van der Waals surface area contributed by atoms with Crippen LogP contribution in [0.5, 0.6) is 5.88 Å². The van der Waals surface area contributed by atoms with Crippen LogP contribution in [-0.4, -0.2) is 56.3 Å². The number of carbonyl (C=O) groups excluding carboxylic acids is 1. The molecule has 0 unspecified atom stereocenters. The number of rotatable bonds is 10. The number of fused-ring (bicyclic) bond motifs is 1. The van der Waals surface area contributed by atoms with Gasteiger partial charge in [-0.15, -0.1) is 0 Å². The molecule has 244 valence electrons. The van der Waals surface area contributed by atoms with Gasteiger partial charge in [0.15, 0.2) is 0 Å². The summed E-state index contributed by atoms with van der Waals surface area (Å²) >= 11 is 14.2. The highest BCUT2D eigenvalue weighted by molar-refractivity contribution is 6.39. The number of hydrogen-bond donors (Lipinski definition) is 2. The number of carbonyl (C=O) groups is 1. The Labute approximate surface area is 283 Å². The average molecular weight is 675 g/mol. The molecule has 1 aliphatic heterocycles. The van der Waals surface area contributed by atoms with Crippen LogP contribution in [0, 0.1) is 0 Å². The van der Waals surface area contributed by atoms with E-state index in [0.717, 1.165) is 39.8 Å². The maximum absolute atomic E-state index is 13.2. The van der Waals surface area contributed by atoms with E-state index in [4.69, 9.17) is 38.0 Å². The van der Waals surface area contributed by atoms with E-state index in [9.17, 15) is 9.59 Å². The molecule has 1 aliphatic rings. The number of nitrogens with zero attached hydrogens (tertiary/aromatic N) is 5. The average Bonchev–Trinajstić information content (AvgIpc) is 3.69. The maximum atomic E-state index is 13.2. The molecule has 47 heavy (non-hydrogen) atoms. The summed E-state index contributed by atoms with van der Waals surface area (Å²) in [7, 11) is 5.29. The first-order valence-corrected chi connectivity index (χ1v) is 16.2. The highest BCUT2D eigenvalue weighted by Crippen LogP contribution is 2.42. The number of aromatic nitrogens is 4. The fraction of sp³-hybridized carbons (Fsp3) is 0.314. The normalized spacial score (nSPS) is 14.8. The number of benzene rings is 2. The largest absolute Gasteiger partial charge is 0.481 e. The Bertz CT molecular complexity index is 2040. The lowest BCUT2D eigenvalue weighted by Crippen LogP contribution is -2.40. The molecule has 5 aromatic rings. The first-order chi connectivity index (χ1) is 22.5. The van der Waals surface area contributed by atoms with E-state index in [0.29, 0.717) is 52.5 Å². The predicted octanol–water partition coefficient (Wildman–Crippen LogP) is 5.91. The molecule has 2 N–H and O–H groups in total. The molecule has 0 spiro atoms. The van der Waals surface area contributed by atoms with Crippen molar-refractivity contribution in [2.75, 3.05) is 14.2 Å². The second-order valence-electron chi connectivity index (χ2n) is 12.1. The van der Waals surface area contributed by atoms with Gasteiger partial charge < -0.3 is 15.4 Å². The monoisotopic (exact) mass is 673 g/mol. The van der Waals surface area contributed by atoms with Gasteiger partial charge in [-0.1, -0.05) is 79.5 Å². The van der Waals surface area contributed by atoms with E-state index >= 15 is 0 Å². The van der Waals surface area contributed by atoms with Crippen LogP contribution < -0.4 is 20.9 Å². The Morgan fingerprint density at radius 1 is 1.04 bits per heavy atom. The minimum atomic E-state index is -0.138. The molecule has 0 aliphatic carbocycles. The highest BCUT2D eigenvalue weighted by atomic mass is 35.5. The van der Waals surface area contributed by atoms with Crippen molar-refractivity contribution < 1.29 is 9.53 Å². The van der Waals surface area contributed by atoms with Gasteiger partial charge in [-0.25, -0.2) is 9.50 Å². The van der Waals surface area contributed by atoms with Gasteiger partial charge in [0.2, 0.25) is 11.8 Å². The van der Waals surface area contributed by atoms with Crippen molar-refractivity contribution in [3.05, 3.63) is 92.6 Å². The molecule has 12 heteroatoms. The third-order valence-corrected chi connectivity index (χ3v) is 9.35. The molecule has 1 amide bonds. The lowest BCUT2D eigenvalue weighted by atomic mass is 9.97. The Morgan fingerprint density at radius 3 is 2.38 bits per heavy atom. The third-order valence-electron chi connectivity index (χ3n) is 8.53. The molecular formula is C35H37Cl2N7O3. The second kappa shape index (κ2) is 13.5. The maximum Gasteiger partial charge on any atom is 0.277 e. The van der Waals surface area contributed by atoms with Crippen LogP contribution in [-0.2, 0) is 24.9 Å². The summed E-state index contributed by atoms with van der Waals surface area (Å²) in [6.45, 7) is 5.12. The summed E-state index contributed by atoms with van der Waals surface area (Å²) in [5.74, 6) is 1.19. The van der Waals surface area contributed by atoms with Gasteiger partial charge in [0.25, 0.3) is 5.56 Å². The van der Waals surface area contributed by atoms with Crippen LogP contribution >= 0.6 is 23.2 Å². The van der Waals surface area contributed by atoms with Crippen molar-refractivity contribution in [2.24, 2.45) is 7.05 Å². The van der Waals surface area contributed by atoms with Crippen molar-refractivity contribution in [3.8, 4) is 39.4 Å². The fourth-order valence-corrected chi connectivity index (χ4v) is 6.56. The van der Waals surface area contributed by atoms with E-state index in [-0.39, 0.29) is 23.7 Å². The van der Waals surface area contributed by atoms with Crippen molar-refractivity contribution >= 4 is 34.6 Å². The SMILES string of the molecule is COc1nc(-c2cccc(-c3cccc(-c4cc5c(=O)n(C)c(CNC(C)C)nn5c4)c3Cl)c2Cl)ccc1CN(C)[C@H]1CCC(=O)N1. The van der Waals surface area contributed by atoms with Gasteiger partial charge in [-0.2, -0.15) is 5.10 Å². The molecule has 4 heterocycles. The molecule has 0 bridgehead atoms. The number of methoxy groups -OCH3 is 1. The summed E-state index contributed by atoms with van der Waals surface area (Å²) in [4.78, 5) is 31.8. The molecule has 1 saturated heterocycles. The van der Waals surface area contributed by atoms with Crippen molar-refractivity contribution in [2.45, 2.75) is 52.0 Å². The van der Waals surface area contributed by atoms with Crippen LogP contribution in [0.1, 0.15) is 38.1 Å². The number of amides is 1. The molecule has 10 nitrogen and oxygen atoms in total. The van der Waals surface area contributed by atoms with Crippen LogP contribution in [0.2, 0.25) is 10.0 Å². The summed E-state index contributed by atoms with van der Waals surface area (Å²) < 4.78 is 8.87. The zero-order valence-corrected chi connectivity index (χ0v) is 28.5. The highest BCUT2D eigenvalue weighted by Gasteiger charge is 2.25. The Kier molecular flexibility index (Phi) is 9.39. The summed E-state index contributed by atoms with van der Waals surface area (Å²) in [5.41, 5.74) is 5.63. The van der Waals surface area contributed by atoms with E-state index in [1.54, 1.807) is 23.2 Å². The number of ether oxygens (including phenoxy) is 1. The standard InChI is InChI=1S/C35H37Cl2N7O3/c1-20(2)38-17-30-41-44-19-22(16-28(44)35(46)43(30)4)23-8-6-9-24(32(23)36)25-10-7-11-26(33(25)37)27-13-12-21(34(39-27)47-5)18-42(3)29-14-15-31(45)40-29/h6-13,16,19-20,29,38H,14-15,17-18H2,1-5H3,(H,40,45)/t29-/m0/s1. The topological polar surface area (TPSA) is 106 Å². The number of halogens is 2. The first kappa shape index (κ1) is 32.7. The van der Waals surface area contributed by atoms with E-state index in [2.05, 4.69) is 15.5 Å². The van der Waals surface area contributed by atoms with Gasteiger partial charge in [0, 0.05) is 65.6 Å². The van der Waals surface area contributed by atoms with E-state index in [1.807, 2.05) is 81.7 Å². The van der Waals surface area contributed by atoms with Crippen molar-refractivity contribution in [1.29, 1.82) is 0 Å². The van der Waals surface area contributed by atoms with Gasteiger partial charge in [-0.05, 0) is 25.6 Å². The molecule has 0 saturated carbocycles. The summed E-state index contributed by atoms with van der Waals surface area (Å²) in [6, 6.07) is 17.5. The van der Waals surface area contributed by atoms with Gasteiger partial charge in [0.05, 0.1) is 35.6 Å². The van der Waals surface area contributed by atoms with E-state index < -0.39 is 0 Å². The van der Waals surface area contributed by atoms with Crippen LogP contribution in [0.15, 0.2) is 65.6 Å². The summed E-state index contributed by atoms with van der Waals surface area (Å²) in [6.07, 6.45) is 3.11. The quantitative estimate of drug-likeness (QED) is 0.190. The van der Waals surface area contributed by atoms with Gasteiger partial charge in [0.1, 0.15) is 11.3 Å². The predicted molar refractivity (Wildman–Crippen MR) is 186 cm³/mol. The Morgan fingerprint density at radius 2 is 1.72 bits per heavy atom. The fourth-order valence-electron chi connectivity index (χ4n) is 5.90. The molecule has 3 aromatic heterocycles. The van der Waals surface area contributed by atoms with Crippen molar-refractivity contribution in [1.82, 2.24) is 34.7 Å². The molecule has 1 fully saturated rings. The molecule has 2 aromatic carbocycles. The van der Waals surface area contributed by atoms with E-state index in [1.165, 1.54) is 0 Å². The van der Waals surface area contributed by atoms with Crippen LogP contribution in [0.4, 0.5) is 0 Å². The number of hydrogen-bond acceptors (Lipinski definition) is 7. The number of pyridine rings is 1. The number of nitrogens with one attached hydrogen (secondary N) is 2. The first-order valence-electron chi connectivity index (χ1n) is 15.5. The summed E-state index contributed by atoms with van der Waals surface area (Å²) in [5, 5.41) is 12.0. The Hall–Kier alpha value is -4.22. The molecule has 0 radical (unpaired) electrons. The zero-order chi connectivity index (χ0) is 33.4.